The molecule has 1 aliphatic heterocycles. The summed E-state index contributed by atoms with van der Waals surface area (Å²) in [6, 6.07) is 8.67. The van der Waals surface area contributed by atoms with Crippen LogP contribution in [0, 0.1) is 6.92 Å². The molecule has 1 amide bonds. The molecule has 1 unspecified atom stereocenters. The fourth-order valence-corrected chi connectivity index (χ4v) is 3.08. The Morgan fingerprint density at radius 3 is 2.70 bits per heavy atom. The Morgan fingerprint density at radius 1 is 1.35 bits per heavy atom. The van der Waals surface area contributed by atoms with E-state index < -0.39 is 0 Å². The molecule has 1 saturated heterocycles. The number of rotatable bonds is 3. The zero-order valence-electron chi connectivity index (χ0n) is 14.0. The minimum Gasteiger partial charge on any atom is -0.329 e. The molecule has 1 aromatic carbocycles. The Balaban J connectivity index is 1.88. The molecule has 3 rings (SSSR count). The molecule has 5 heteroatoms. The Kier molecular flexibility index (Phi) is 4.48. The monoisotopic (exact) mass is 312 g/mol. The minimum atomic E-state index is 0.0710. The molecule has 1 aromatic heterocycles. The largest absolute Gasteiger partial charge is 0.329 e. The fourth-order valence-electron chi connectivity index (χ4n) is 3.08. The summed E-state index contributed by atoms with van der Waals surface area (Å²) in [6.07, 6.45) is 2.71. The Labute approximate surface area is 137 Å². The highest BCUT2D eigenvalue weighted by atomic mass is 16.2. The first-order valence-electron chi connectivity index (χ1n) is 8.21. The molecule has 0 spiro atoms. The van der Waals surface area contributed by atoms with Crippen LogP contribution >= 0.6 is 0 Å². The molecule has 2 aromatic rings. The molecule has 5 nitrogen and oxygen atoms in total. The van der Waals surface area contributed by atoms with Crippen molar-refractivity contribution in [2.24, 2.45) is 7.05 Å². The van der Waals surface area contributed by atoms with Gasteiger partial charge in [0.05, 0.1) is 17.8 Å². The smallest absolute Gasteiger partial charge is 0.257 e. The summed E-state index contributed by atoms with van der Waals surface area (Å²) in [5, 5.41) is 7.61. The van der Waals surface area contributed by atoms with Crippen molar-refractivity contribution < 1.29 is 4.79 Å². The van der Waals surface area contributed by atoms with Gasteiger partial charge < -0.3 is 10.2 Å². The molecule has 0 radical (unpaired) electrons. The second-order valence-corrected chi connectivity index (χ2v) is 6.08. The molecule has 0 saturated carbocycles. The maximum atomic E-state index is 13.0. The van der Waals surface area contributed by atoms with Crippen LogP contribution in [-0.4, -0.2) is 40.2 Å². The molecule has 0 aliphatic carbocycles. The number of hydrogen-bond donors (Lipinski definition) is 1. The lowest BCUT2D eigenvalue weighted by Gasteiger charge is -2.36. The number of amides is 1. The van der Waals surface area contributed by atoms with Gasteiger partial charge >= 0.3 is 0 Å². The van der Waals surface area contributed by atoms with Crippen molar-refractivity contribution >= 4 is 5.91 Å². The predicted octanol–water partition coefficient (Wildman–Crippen LogP) is 2.08. The second-order valence-electron chi connectivity index (χ2n) is 6.08. The summed E-state index contributed by atoms with van der Waals surface area (Å²) < 4.78 is 1.75. The van der Waals surface area contributed by atoms with Crippen molar-refractivity contribution in [2.75, 3.05) is 19.6 Å². The van der Waals surface area contributed by atoms with E-state index in [1.54, 1.807) is 10.9 Å². The minimum absolute atomic E-state index is 0.0710. The number of nitrogens with one attached hydrogen (secondary N) is 1. The average molecular weight is 312 g/mol. The predicted molar refractivity (Wildman–Crippen MR) is 90.4 cm³/mol. The molecule has 1 fully saturated rings. The van der Waals surface area contributed by atoms with E-state index in [1.165, 1.54) is 11.1 Å². The Morgan fingerprint density at radius 2 is 2.09 bits per heavy atom. The van der Waals surface area contributed by atoms with E-state index in [2.05, 4.69) is 41.6 Å². The zero-order chi connectivity index (χ0) is 16.4. The van der Waals surface area contributed by atoms with E-state index in [1.807, 2.05) is 18.9 Å². The summed E-state index contributed by atoms with van der Waals surface area (Å²) in [6.45, 7) is 6.42. The topological polar surface area (TPSA) is 50.2 Å². The van der Waals surface area contributed by atoms with E-state index >= 15 is 0 Å². The first-order valence-corrected chi connectivity index (χ1v) is 8.21. The van der Waals surface area contributed by atoms with E-state index in [9.17, 15) is 4.79 Å². The van der Waals surface area contributed by atoms with Crippen molar-refractivity contribution in [3.05, 3.63) is 52.8 Å². The second kappa shape index (κ2) is 6.54. The van der Waals surface area contributed by atoms with Crippen molar-refractivity contribution in [1.82, 2.24) is 20.0 Å². The summed E-state index contributed by atoms with van der Waals surface area (Å²) >= 11 is 0. The molecular weight excluding hydrogens is 288 g/mol. The maximum Gasteiger partial charge on any atom is 0.257 e. The van der Waals surface area contributed by atoms with Gasteiger partial charge in [0.1, 0.15) is 0 Å². The van der Waals surface area contributed by atoms with Gasteiger partial charge in [-0.1, -0.05) is 31.2 Å². The van der Waals surface area contributed by atoms with E-state index in [4.69, 9.17) is 0 Å². The van der Waals surface area contributed by atoms with E-state index in [0.717, 1.165) is 25.2 Å². The maximum absolute atomic E-state index is 13.0. The lowest BCUT2D eigenvalue weighted by atomic mass is 10.00. The number of carbonyl (C=O) groups excluding carboxylic acids is 1. The van der Waals surface area contributed by atoms with Crippen LogP contribution < -0.4 is 5.32 Å². The van der Waals surface area contributed by atoms with Gasteiger partial charge in [0, 0.05) is 32.4 Å². The molecule has 1 aliphatic rings. The van der Waals surface area contributed by atoms with Crippen LogP contribution in [0.5, 0.6) is 0 Å². The zero-order valence-corrected chi connectivity index (χ0v) is 14.0. The highest BCUT2D eigenvalue weighted by Crippen LogP contribution is 2.25. The van der Waals surface area contributed by atoms with Crippen LogP contribution in [0.15, 0.2) is 30.5 Å². The molecule has 0 bridgehead atoms. The van der Waals surface area contributed by atoms with Gasteiger partial charge in [0.15, 0.2) is 0 Å². The average Bonchev–Trinajstić information content (AvgIpc) is 2.93. The standard InChI is InChI=1S/C18H24N4O/c1-4-14-5-7-15(8-6-14)17-12-19-9-10-22(17)18(23)16-11-20-21(3)13(16)2/h5-8,11,17,19H,4,9-10,12H2,1-3H3. The fraction of sp³-hybridized carbons (Fsp3) is 0.444. The number of nitrogens with zero attached hydrogens (tertiary/aromatic N) is 3. The first kappa shape index (κ1) is 15.7. The number of aryl methyl sites for hydroxylation is 2. The third-order valence-electron chi connectivity index (χ3n) is 4.74. The van der Waals surface area contributed by atoms with Gasteiger partial charge in [0.2, 0.25) is 0 Å². The first-order chi connectivity index (χ1) is 11.1. The molecule has 23 heavy (non-hydrogen) atoms. The van der Waals surface area contributed by atoms with E-state index in [0.29, 0.717) is 12.1 Å². The summed E-state index contributed by atoms with van der Waals surface area (Å²) in [4.78, 5) is 15.0. The van der Waals surface area contributed by atoms with Gasteiger partial charge in [-0.2, -0.15) is 5.10 Å². The summed E-state index contributed by atoms with van der Waals surface area (Å²) in [7, 11) is 1.87. The number of benzene rings is 1. The van der Waals surface area contributed by atoms with Gasteiger partial charge in [-0.25, -0.2) is 0 Å². The third-order valence-corrected chi connectivity index (χ3v) is 4.74. The molecule has 1 atom stereocenters. The third kappa shape index (κ3) is 3.01. The van der Waals surface area contributed by atoms with Crippen LogP contribution in [0.4, 0.5) is 0 Å². The normalized spacial score (nSPS) is 18.2. The summed E-state index contributed by atoms with van der Waals surface area (Å²) in [5.74, 6) is 0.0710. The van der Waals surface area contributed by atoms with Crippen molar-refractivity contribution in [1.29, 1.82) is 0 Å². The Bertz CT molecular complexity index is 690. The SMILES string of the molecule is CCc1ccc(C2CNCCN2C(=O)c2cnn(C)c2C)cc1. The van der Waals surface area contributed by atoms with Gasteiger partial charge in [-0.15, -0.1) is 0 Å². The van der Waals surface area contributed by atoms with Gasteiger partial charge in [-0.3, -0.25) is 9.48 Å². The number of carbonyl (C=O) groups is 1. The van der Waals surface area contributed by atoms with Crippen LogP contribution in [-0.2, 0) is 13.5 Å². The van der Waals surface area contributed by atoms with Gasteiger partial charge in [0.25, 0.3) is 5.91 Å². The van der Waals surface area contributed by atoms with Crippen molar-refractivity contribution in [3.8, 4) is 0 Å². The highest BCUT2D eigenvalue weighted by Gasteiger charge is 2.30. The summed E-state index contributed by atoms with van der Waals surface area (Å²) in [5.41, 5.74) is 4.11. The Hall–Kier alpha value is -2.14. The van der Waals surface area contributed by atoms with Crippen LogP contribution in [0.3, 0.4) is 0 Å². The quantitative estimate of drug-likeness (QED) is 0.944. The molecular formula is C18H24N4O. The number of aromatic nitrogens is 2. The lowest BCUT2D eigenvalue weighted by Crippen LogP contribution is -2.48. The molecule has 2 heterocycles. The lowest BCUT2D eigenvalue weighted by molar-refractivity contribution is 0.0633. The number of hydrogen-bond acceptors (Lipinski definition) is 3. The van der Waals surface area contributed by atoms with Crippen LogP contribution in [0.2, 0.25) is 0 Å². The van der Waals surface area contributed by atoms with Gasteiger partial charge in [-0.05, 0) is 24.5 Å². The van der Waals surface area contributed by atoms with Crippen LogP contribution in [0.25, 0.3) is 0 Å². The highest BCUT2D eigenvalue weighted by molar-refractivity contribution is 5.95. The van der Waals surface area contributed by atoms with Crippen molar-refractivity contribution in [2.45, 2.75) is 26.3 Å². The van der Waals surface area contributed by atoms with Crippen molar-refractivity contribution in [3.63, 3.8) is 0 Å². The van der Waals surface area contributed by atoms with Crippen LogP contribution in [0.1, 0.15) is 40.1 Å². The van der Waals surface area contributed by atoms with E-state index in [-0.39, 0.29) is 11.9 Å². The number of piperazine rings is 1. The molecule has 1 N–H and O–H groups in total. The molecule has 122 valence electrons.